The second kappa shape index (κ2) is 10.6. The Morgan fingerprint density at radius 2 is 1.85 bits per heavy atom. The molecule has 0 bridgehead atoms. The van der Waals surface area contributed by atoms with Crippen LogP contribution in [0.15, 0.2) is 48.2 Å². The van der Waals surface area contributed by atoms with Gasteiger partial charge in [0.2, 0.25) is 5.70 Å². The van der Waals surface area contributed by atoms with Gasteiger partial charge in [-0.1, -0.05) is 43.7 Å². The molecule has 0 unspecified atom stereocenters. The fourth-order valence-corrected chi connectivity index (χ4v) is 3.92. The number of allylic oxidation sites excluding steroid dienone is 1. The highest BCUT2D eigenvalue weighted by molar-refractivity contribution is 6.01. The molecule has 1 aliphatic heterocycles. The van der Waals surface area contributed by atoms with E-state index in [1.807, 2.05) is 25.1 Å². The quantitative estimate of drug-likeness (QED) is 0.300. The maximum atomic E-state index is 13.6. The lowest BCUT2D eigenvalue weighted by molar-refractivity contribution is -0.426. The van der Waals surface area contributed by atoms with Crippen molar-refractivity contribution in [2.75, 3.05) is 6.54 Å². The summed E-state index contributed by atoms with van der Waals surface area (Å²) in [6, 6.07) is 12.6. The Morgan fingerprint density at radius 3 is 2.50 bits per heavy atom. The fraction of sp³-hybridized carbons (Fsp3) is 0.407. The predicted molar refractivity (Wildman–Crippen MR) is 131 cm³/mol. The monoisotopic (exact) mass is 464 g/mol. The number of amides is 1. The first kappa shape index (κ1) is 25.1. The Labute approximate surface area is 200 Å². The first-order chi connectivity index (χ1) is 16.1. The maximum Gasteiger partial charge on any atom is 0.338 e. The third-order valence-electron chi connectivity index (χ3n) is 5.68. The van der Waals surface area contributed by atoms with Crippen LogP contribution in [0.1, 0.15) is 84.4 Å². The molecule has 2 aromatic carbocycles. The van der Waals surface area contributed by atoms with Crippen LogP contribution < -0.4 is 0 Å². The van der Waals surface area contributed by atoms with Gasteiger partial charge in [-0.2, -0.15) is 0 Å². The van der Waals surface area contributed by atoms with Crippen molar-refractivity contribution < 1.29 is 19.2 Å². The lowest BCUT2D eigenvalue weighted by Gasteiger charge is -2.29. The van der Waals surface area contributed by atoms with Crippen molar-refractivity contribution in [2.24, 2.45) is 0 Å². The summed E-state index contributed by atoms with van der Waals surface area (Å²) in [6.45, 7) is 8.28. The molecule has 1 heterocycles. The highest BCUT2D eigenvalue weighted by atomic mass is 16.6. The number of nitro groups is 1. The minimum absolute atomic E-state index is 0.0462. The molecule has 0 saturated carbocycles. The van der Waals surface area contributed by atoms with Gasteiger partial charge < -0.3 is 9.64 Å². The molecule has 7 nitrogen and oxygen atoms in total. The molecule has 0 aliphatic carbocycles. The van der Waals surface area contributed by atoms with Crippen LogP contribution >= 0.6 is 0 Å². The van der Waals surface area contributed by atoms with Crippen LogP contribution in [-0.2, 0) is 17.7 Å². The van der Waals surface area contributed by atoms with Crippen molar-refractivity contribution in [1.82, 2.24) is 4.90 Å². The average molecular weight is 465 g/mol. The van der Waals surface area contributed by atoms with Crippen LogP contribution in [0.3, 0.4) is 0 Å². The average Bonchev–Trinajstić information content (AvgIpc) is 2.79. The summed E-state index contributed by atoms with van der Waals surface area (Å²) in [4.78, 5) is 39.3. The molecule has 0 spiro atoms. The van der Waals surface area contributed by atoms with Crippen molar-refractivity contribution in [3.63, 3.8) is 0 Å². The van der Waals surface area contributed by atoms with Crippen LogP contribution in [0.4, 0.5) is 0 Å². The number of hydrogen-bond acceptors (Lipinski definition) is 5. The van der Waals surface area contributed by atoms with Gasteiger partial charge in [0.25, 0.3) is 5.91 Å². The van der Waals surface area contributed by atoms with E-state index >= 15 is 0 Å². The fourth-order valence-electron chi connectivity index (χ4n) is 3.92. The topological polar surface area (TPSA) is 89.8 Å². The molecule has 180 valence electrons. The van der Waals surface area contributed by atoms with Crippen LogP contribution in [0.2, 0.25) is 0 Å². The standard InChI is InChI=1S/C27H32N2O5/c1-5-6-11-23(29(32)33)16-20-12-13-21(26(31)34-27(2,3)4)17-24(20)25(30)28-15-14-19-9-7-8-10-22(19)18-28/h7-10,12-13,16-17H,5-6,11,14-15,18H2,1-4H3. The van der Waals surface area contributed by atoms with Gasteiger partial charge in [-0.3, -0.25) is 14.9 Å². The van der Waals surface area contributed by atoms with Gasteiger partial charge in [0.15, 0.2) is 0 Å². The van der Waals surface area contributed by atoms with Gasteiger partial charge in [-0.15, -0.1) is 0 Å². The SMILES string of the molecule is CCCCC(=Cc1ccc(C(=O)OC(C)(C)C)cc1C(=O)N1CCc2ccccc2C1)[N+](=O)[O-]. The Morgan fingerprint density at radius 1 is 1.15 bits per heavy atom. The zero-order valence-corrected chi connectivity index (χ0v) is 20.3. The summed E-state index contributed by atoms with van der Waals surface area (Å²) < 4.78 is 5.48. The summed E-state index contributed by atoms with van der Waals surface area (Å²) in [6.07, 6.45) is 3.99. The molecule has 0 atom stereocenters. The molecule has 7 heteroatoms. The lowest BCUT2D eigenvalue weighted by Crippen LogP contribution is -2.36. The van der Waals surface area contributed by atoms with Crippen LogP contribution in [0.5, 0.6) is 0 Å². The molecule has 1 aliphatic rings. The number of carbonyl (C=O) groups is 2. The molecule has 0 fully saturated rings. The van der Waals surface area contributed by atoms with Crippen LogP contribution in [-0.4, -0.2) is 33.8 Å². The van der Waals surface area contributed by atoms with Crippen LogP contribution in [0, 0.1) is 10.1 Å². The van der Waals surface area contributed by atoms with Crippen molar-refractivity contribution in [3.05, 3.63) is 86.1 Å². The molecule has 1 amide bonds. The summed E-state index contributed by atoms with van der Waals surface area (Å²) in [5.41, 5.74) is 2.59. The van der Waals surface area contributed by atoms with Crippen molar-refractivity contribution in [1.29, 1.82) is 0 Å². The molecule has 2 aromatic rings. The number of rotatable bonds is 7. The molecular formula is C27H32N2O5. The summed E-state index contributed by atoms with van der Waals surface area (Å²) in [5.74, 6) is -0.800. The van der Waals surface area contributed by atoms with Gasteiger partial charge in [-0.05, 0) is 62.4 Å². The minimum Gasteiger partial charge on any atom is -0.456 e. The van der Waals surface area contributed by atoms with E-state index in [0.29, 0.717) is 31.5 Å². The molecule has 0 saturated heterocycles. The Kier molecular flexibility index (Phi) is 7.87. The van der Waals surface area contributed by atoms with E-state index in [-0.39, 0.29) is 22.7 Å². The first-order valence-corrected chi connectivity index (χ1v) is 11.7. The first-order valence-electron chi connectivity index (χ1n) is 11.7. The molecular weight excluding hydrogens is 432 g/mol. The van der Waals surface area contributed by atoms with Gasteiger partial charge in [-0.25, -0.2) is 4.79 Å². The predicted octanol–water partition coefficient (Wildman–Crippen LogP) is 5.65. The van der Waals surface area contributed by atoms with Gasteiger partial charge in [0, 0.05) is 31.1 Å². The number of unbranched alkanes of at least 4 members (excludes halogenated alkanes) is 1. The molecule has 0 radical (unpaired) electrons. The number of fused-ring (bicyclic) bond motifs is 1. The third kappa shape index (κ3) is 6.31. The van der Waals surface area contributed by atoms with E-state index in [4.69, 9.17) is 4.74 Å². The number of nitrogens with zero attached hydrogens (tertiary/aromatic N) is 2. The van der Waals surface area contributed by atoms with Gasteiger partial charge >= 0.3 is 5.97 Å². The largest absolute Gasteiger partial charge is 0.456 e. The number of hydrogen-bond donors (Lipinski definition) is 0. The summed E-state index contributed by atoms with van der Waals surface area (Å²) in [7, 11) is 0. The second-order valence-corrected chi connectivity index (χ2v) is 9.55. The van der Waals surface area contributed by atoms with Crippen molar-refractivity contribution >= 4 is 18.0 Å². The molecule has 3 rings (SSSR count). The Hall–Kier alpha value is -3.48. The minimum atomic E-state index is -0.685. The highest BCUT2D eigenvalue weighted by Crippen LogP contribution is 2.25. The van der Waals surface area contributed by atoms with Crippen LogP contribution in [0.25, 0.3) is 6.08 Å². The Balaban J connectivity index is 2.02. The second-order valence-electron chi connectivity index (χ2n) is 9.55. The summed E-state index contributed by atoms with van der Waals surface area (Å²) >= 11 is 0. The normalized spacial score (nSPS) is 13.9. The molecule has 34 heavy (non-hydrogen) atoms. The smallest absolute Gasteiger partial charge is 0.338 e. The number of carbonyl (C=O) groups excluding carboxylic acids is 2. The van der Waals surface area contributed by atoms with E-state index in [9.17, 15) is 19.7 Å². The third-order valence-corrected chi connectivity index (χ3v) is 5.68. The molecule has 0 aromatic heterocycles. The van der Waals surface area contributed by atoms with Gasteiger partial charge in [0.1, 0.15) is 5.60 Å². The number of benzene rings is 2. The van der Waals surface area contributed by atoms with E-state index < -0.39 is 16.5 Å². The van der Waals surface area contributed by atoms with Gasteiger partial charge in [0.05, 0.1) is 10.5 Å². The zero-order chi connectivity index (χ0) is 24.9. The van der Waals surface area contributed by atoms with E-state index in [0.717, 1.165) is 18.4 Å². The Bertz CT molecular complexity index is 1110. The maximum absolute atomic E-state index is 13.6. The van der Waals surface area contributed by atoms with Crippen molar-refractivity contribution in [2.45, 2.75) is 65.5 Å². The van der Waals surface area contributed by atoms with E-state index in [2.05, 4.69) is 6.07 Å². The zero-order valence-electron chi connectivity index (χ0n) is 20.3. The number of ether oxygens (including phenoxy) is 1. The van der Waals surface area contributed by atoms with E-state index in [1.54, 1.807) is 37.8 Å². The van der Waals surface area contributed by atoms with Crippen molar-refractivity contribution in [3.8, 4) is 0 Å². The number of esters is 1. The highest BCUT2D eigenvalue weighted by Gasteiger charge is 2.26. The summed E-state index contributed by atoms with van der Waals surface area (Å²) in [5, 5.41) is 11.6. The van der Waals surface area contributed by atoms with E-state index in [1.165, 1.54) is 17.7 Å². The molecule has 0 N–H and O–H groups in total. The lowest BCUT2D eigenvalue weighted by atomic mass is 9.97.